The van der Waals surface area contributed by atoms with E-state index in [9.17, 15) is 8.42 Å². The first-order valence-corrected chi connectivity index (χ1v) is 9.18. The van der Waals surface area contributed by atoms with Crippen LogP contribution in [0.25, 0.3) is 0 Å². The molecular weight excluding hydrogens is 304 g/mol. The van der Waals surface area contributed by atoms with Crippen molar-refractivity contribution in [1.82, 2.24) is 10.2 Å². The molecule has 0 aromatic heterocycles. The molecule has 0 unspecified atom stereocenters. The number of sulfone groups is 1. The fraction of sp³-hybridized carbons (Fsp3) is 0.400. The zero-order valence-electron chi connectivity index (χ0n) is 11.6. The Morgan fingerprint density at radius 1 is 1.29 bits per heavy atom. The van der Waals surface area contributed by atoms with Crippen LogP contribution in [0.2, 0.25) is 0 Å². The summed E-state index contributed by atoms with van der Waals surface area (Å²) in [5, 5.41) is 5.25. The highest BCUT2D eigenvalue weighted by molar-refractivity contribution is 7.94. The van der Waals surface area contributed by atoms with Crippen molar-refractivity contribution in [3.05, 3.63) is 47.4 Å². The lowest BCUT2D eigenvalue weighted by Crippen LogP contribution is -2.46. The molecule has 1 N–H and O–H groups in total. The standard InChI is InChI=1S/C15H18N2O2S2/c18-21(19)9-8-14(11-21)17(15(20)16-13-6-7-13)10-12-4-2-1-3-5-12/h1-5,8-9,13-14H,6-7,10-11H2,(H,16,20)/t14-/m1/s1. The predicted octanol–water partition coefficient (Wildman–Crippen LogP) is 1.84. The number of nitrogens with one attached hydrogen (secondary N) is 1. The Morgan fingerprint density at radius 3 is 2.57 bits per heavy atom. The van der Waals surface area contributed by atoms with Crippen LogP contribution in [0.5, 0.6) is 0 Å². The van der Waals surface area contributed by atoms with E-state index in [2.05, 4.69) is 5.32 Å². The number of hydrogen-bond acceptors (Lipinski definition) is 3. The summed E-state index contributed by atoms with van der Waals surface area (Å²) in [6.07, 6.45) is 4.01. The lowest BCUT2D eigenvalue weighted by Gasteiger charge is -2.30. The van der Waals surface area contributed by atoms with E-state index in [-0.39, 0.29) is 11.8 Å². The van der Waals surface area contributed by atoms with E-state index < -0.39 is 9.84 Å². The summed E-state index contributed by atoms with van der Waals surface area (Å²) < 4.78 is 23.4. The van der Waals surface area contributed by atoms with E-state index in [1.807, 2.05) is 35.2 Å². The molecule has 1 aliphatic carbocycles. The van der Waals surface area contributed by atoms with Crippen LogP contribution in [0.3, 0.4) is 0 Å². The van der Waals surface area contributed by atoms with Crippen LogP contribution in [0.1, 0.15) is 18.4 Å². The summed E-state index contributed by atoms with van der Waals surface area (Å²) in [5.41, 5.74) is 1.12. The second kappa shape index (κ2) is 5.77. The fourth-order valence-corrected chi connectivity index (χ4v) is 4.02. The van der Waals surface area contributed by atoms with Crippen LogP contribution in [-0.2, 0) is 16.4 Å². The molecule has 2 aliphatic rings. The van der Waals surface area contributed by atoms with Gasteiger partial charge in [-0.3, -0.25) is 0 Å². The van der Waals surface area contributed by atoms with E-state index in [0.717, 1.165) is 18.4 Å². The molecule has 1 fully saturated rings. The van der Waals surface area contributed by atoms with Gasteiger partial charge < -0.3 is 10.2 Å². The third-order valence-corrected chi connectivity index (χ3v) is 5.40. The zero-order valence-corrected chi connectivity index (χ0v) is 13.2. The van der Waals surface area contributed by atoms with Gasteiger partial charge in [-0.15, -0.1) is 0 Å². The Labute approximate surface area is 130 Å². The molecule has 0 saturated heterocycles. The number of hydrogen-bond donors (Lipinski definition) is 1. The maximum atomic E-state index is 11.7. The maximum absolute atomic E-state index is 11.7. The molecule has 3 rings (SSSR count). The first-order chi connectivity index (χ1) is 10.0. The van der Waals surface area contributed by atoms with Crippen molar-refractivity contribution < 1.29 is 8.42 Å². The van der Waals surface area contributed by atoms with Crippen molar-refractivity contribution in [2.75, 3.05) is 5.75 Å². The summed E-state index contributed by atoms with van der Waals surface area (Å²) in [4.78, 5) is 1.98. The minimum absolute atomic E-state index is 0.103. The maximum Gasteiger partial charge on any atom is 0.173 e. The van der Waals surface area contributed by atoms with Gasteiger partial charge in [0.25, 0.3) is 0 Å². The van der Waals surface area contributed by atoms with Gasteiger partial charge in [-0.05, 0) is 36.7 Å². The van der Waals surface area contributed by atoms with E-state index in [1.165, 1.54) is 5.41 Å². The van der Waals surface area contributed by atoms with Crippen LogP contribution in [0.15, 0.2) is 41.8 Å². The SMILES string of the molecule is O=S1(=O)C=C[C@@H](N(Cc2ccccc2)C(=S)NC2CC2)C1. The van der Waals surface area contributed by atoms with Gasteiger partial charge in [0.2, 0.25) is 0 Å². The van der Waals surface area contributed by atoms with E-state index in [1.54, 1.807) is 6.08 Å². The normalized spacial score (nSPS) is 23.0. The third kappa shape index (κ3) is 3.83. The van der Waals surface area contributed by atoms with Crippen molar-refractivity contribution >= 4 is 27.2 Å². The van der Waals surface area contributed by atoms with E-state index in [0.29, 0.717) is 17.7 Å². The van der Waals surface area contributed by atoms with E-state index >= 15 is 0 Å². The van der Waals surface area contributed by atoms with Crippen molar-refractivity contribution in [3.8, 4) is 0 Å². The Hall–Kier alpha value is -1.40. The third-order valence-electron chi connectivity index (χ3n) is 3.67. The van der Waals surface area contributed by atoms with Gasteiger partial charge in [0.15, 0.2) is 14.9 Å². The second-order valence-electron chi connectivity index (χ2n) is 5.56. The van der Waals surface area contributed by atoms with Crippen molar-refractivity contribution in [2.45, 2.75) is 31.5 Å². The summed E-state index contributed by atoms with van der Waals surface area (Å²) >= 11 is 5.49. The first kappa shape index (κ1) is 14.5. The summed E-state index contributed by atoms with van der Waals surface area (Å²) in [6, 6.07) is 10.2. The fourth-order valence-electron chi connectivity index (χ4n) is 2.36. The lowest BCUT2D eigenvalue weighted by atomic mass is 10.2. The van der Waals surface area contributed by atoms with Crippen molar-refractivity contribution in [3.63, 3.8) is 0 Å². The average molecular weight is 322 g/mol. The molecule has 1 heterocycles. The van der Waals surface area contributed by atoms with E-state index in [4.69, 9.17) is 12.2 Å². The van der Waals surface area contributed by atoms with Gasteiger partial charge in [0.05, 0.1) is 11.8 Å². The van der Waals surface area contributed by atoms with Crippen molar-refractivity contribution in [1.29, 1.82) is 0 Å². The number of benzene rings is 1. The molecule has 0 radical (unpaired) electrons. The smallest absolute Gasteiger partial charge is 0.173 e. The molecule has 1 atom stereocenters. The molecule has 6 heteroatoms. The van der Waals surface area contributed by atoms with Crippen LogP contribution < -0.4 is 5.32 Å². The van der Waals surface area contributed by atoms with Crippen LogP contribution in [0.4, 0.5) is 0 Å². The Bertz CT molecular complexity index is 652. The predicted molar refractivity (Wildman–Crippen MR) is 87.5 cm³/mol. The zero-order chi connectivity index (χ0) is 14.9. The van der Waals surface area contributed by atoms with Gasteiger partial charge in [-0.25, -0.2) is 8.42 Å². The number of thiocarbonyl (C=S) groups is 1. The summed E-state index contributed by atoms with van der Waals surface area (Å²) in [5.74, 6) is 0.103. The minimum atomic E-state index is -3.09. The average Bonchev–Trinajstić information content (AvgIpc) is 3.19. The van der Waals surface area contributed by atoms with Gasteiger partial charge in [0.1, 0.15) is 0 Å². The molecule has 0 bridgehead atoms. The summed E-state index contributed by atoms with van der Waals surface area (Å²) in [6.45, 7) is 0.615. The van der Waals surface area contributed by atoms with Gasteiger partial charge in [0, 0.05) is 18.0 Å². The monoisotopic (exact) mass is 322 g/mol. The lowest BCUT2D eigenvalue weighted by molar-refractivity contribution is 0.368. The molecule has 1 saturated carbocycles. The quantitative estimate of drug-likeness (QED) is 0.857. The highest BCUT2D eigenvalue weighted by Crippen LogP contribution is 2.22. The molecule has 1 aliphatic heterocycles. The number of rotatable bonds is 4. The Kier molecular flexibility index (Phi) is 3.99. The minimum Gasteiger partial charge on any atom is -0.360 e. The molecule has 1 aromatic rings. The topological polar surface area (TPSA) is 49.4 Å². The molecule has 21 heavy (non-hydrogen) atoms. The Balaban J connectivity index is 1.77. The van der Waals surface area contributed by atoms with Gasteiger partial charge in [-0.1, -0.05) is 30.3 Å². The van der Waals surface area contributed by atoms with Crippen LogP contribution >= 0.6 is 12.2 Å². The second-order valence-corrected chi connectivity index (χ2v) is 7.88. The van der Waals surface area contributed by atoms with Crippen LogP contribution in [-0.4, -0.2) is 36.3 Å². The molecule has 4 nitrogen and oxygen atoms in total. The van der Waals surface area contributed by atoms with Gasteiger partial charge in [-0.2, -0.15) is 0 Å². The molecular formula is C15H18N2O2S2. The summed E-state index contributed by atoms with van der Waals surface area (Å²) in [7, 11) is -3.09. The van der Waals surface area contributed by atoms with Crippen LogP contribution in [0, 0.1) is 0 Å². The number of nitrogens with zero attached hydrogens (tertiary/aromatic N) is 1. The highest BCUT2D eigenvalue weighted by Gasteiger charge is 2.31. The largest absolute Gasteiger partial charge is 0.360 e. The molecule has 1 aromatic carbocycles. The Morgan fingerprint density at radius 2 is 2.00 bits per heavy atom. The van der Waals surface area contributed by atoms with Gasteiger partial charge >= 0.3 is 0 Å². The molecule has 112 valence electrons. The molecule has 0 spiro atoms. The molecule has 0 amide bonds. The highest BCUT2D eigenvalue weighted by atomic mass is 32.2. The first-order valence-electron chi connectivity index (χ1n) is 7.05. The van der Waals surface area contributed by atoms with Crippen molar-refractivity contribution in [2.24, 2.45) is 0 Å².